The number of nitrogens with one attached hydrogen (secondary N) is 3. The second-order valence-electron chi connectivity index (χ2n) is 3.47. The molecule has 3 aromatic heterocycles. The topological polar surface area (TPSA) is 121 Å². The zero-order valence-electron chi connectivity index (χ0n) is 8.81. The fraction of sp³-hybridized carbons (Fsp3) is 0.111. The fourth-order valence-corrected chi connectivity index (χ4v) is 1.54. The van der Waals surface area contributed by atoms with Crippen LogP contribution in [0.2, 0.25) is 0 Å². The van der Waals surface area contributed by atoms with Crippen LogP contribution in [0, 0.1) is 0 Å². The number of aromatic amines is 2. The van der Waals surface area contributed by atoms with Crippen molar-refractivity contribution in [3.05, 3.63) is 24.3 Å². The Morgan fingerprint density at radius 1 is 1.35 bits per heavy atom. The highest BCUT2D eigenvalue weighted by Gasteiger charge is 2.07. The Morgan fingerprint density at radius 3 is 3.12 bits per heavy atom. The van der Waals surface area contributed by atoms with Gasteiger partial charge in [-0.3, -0.25) is 5.10 Å². The summed E-state index contributed by atoms with van der Waals surface area (Å²) in [5.41, 5.74) is 7.83. The van der Waals surface area contributed by atoms with Crippen LogP contribution in [0.15, 0.2) is 18.6 Å². The molecule has 0 fully saturated rings. The van der Waals surface area contributed by atoms with E-state index in [0.717, 1.165) is 11.2 Å². The zero-order chi connectivity index (χ0) is 11.7. The maximum absolute atomic E-state index is 5.60. The summed E-state index contributed by atoms with van der Waals surface area (Å²) in [6.45, 7) is 0.574. The number of nitrogens with two attached hydrogens (primary N) is 1. The van der Waals surface area contributed by atoms with E-state index in [0.29, 0.717) is 18.0 Å². The Kier molecular flexibility index (Phi) is 2.11. The molecule has 5 N–H and O–H groups in total. The minimum atomic E-state index is 0.191. The summed E-state index contributed by atoms with van der Waals surface area (Å²) < 4.78 is 0. The van der Waals surface area contributed by atoms with Crippen molar-refractivity contribution < 1.29 is 0 Å². The van der Waals surface area contributed by atoms with Crippen molar-refractivity contribution in [2.24, 2.45) is 0 Å². The number of aromatic nitrogens is 6. The van der Waals surface area contributed by atoms with Gasteiger partial charge in [0.25, 0.3) is 0 Å². The van der Waals surface area contributed by atoms with Crippen LogP contribution in [-0.2, 0) is 6.54 Å². The van der Waals surface area contributed by atoms with E-state index in [-0.39, 0.29) is 5.95 Å². The average Bonchev–Trinajstić information content (AvgIpc) is 2.95. The van der Waals surface area contributed by atoms with E-state index < -0.39 is 0 Å². The minimum absolute atomic E-state index is 0.191. The summed E-state index contributed by atoms with van der Waals surface area (Å²) >= 11 is 0. The summed E-state index contributed by atoms with van der Waals surface area (Å²) in [5, 5.41) is 9.86. The van der Waals surface area contributed by atoms with E-state index in [2.05, 4.69) is 35.5 Å². The van der Waals surface area contributed by atoms with Crippen molar-refractivity contribution in [2.45, 2.75) is 6.54 Å². The van der Waals surface area contributed by atoms with Crippen LogP contribution in [0.25, 0.3) is 11.2 Å². The molecule has 3 aromatic rings. The van der Waals surface area contributed by atoms with Gasteiger partial charge in [-0.2, -0.15) is 15.1 Å². The second-order valence-corrected chi connectivity index (χ2v) is 3.47. The van der Waals surface area contributed by atoms with Gasteiger partial charge in [0.15, 0.2) is 11.5 Å². The molecule has 8 heteroatoms. The largest absolute Gasteiger partial charge is 0.368 e. The number of imidazole rings is 1. The van der Waals surface area contributed by atoms with Gasteiger partial charge in [-0.1, -0.05) is 0 Å². The number of anilines is 2. The van der Waals surface area contributed by atoms with Gasteiger partial charge in [-0.15, -0.1) is 0 Å². The van der Waals surface area contributed by atoms with Gasteiger partial charge < -0.3 is 16.0 Å². The Hall–Kier alpha value is -2.64. The molecule has 0 aromatic carbocycles. The Balaban J connectivity index is 1.91. The van der Waals surface area contributed by atoms with E-state index in [1.54, 1.807) is 12.5 Å². The van der Waals surface area contributed by atoms with Crippen LogP contribution in [0.1, 0.15) is 5.69 Å². The molecule has 0 bridgehead atoms. The molecular weight excluding hydrogens is 220 g/mol. The van der Waals surface area contributed by atoms with Crippen molar-refractivity contribution in [2.75, 3.05) is 11.1 Å². The summed E-state index contributed by atoms with van der Waals surface area (Å²) in [7, 11) is 0. The predicted octanol–water partition coefficient (Wildman–Crippen LogP) is 0.270. The highest BCUT2D eigenvalue weighted by molar-refractivity contribution is 5.83. The minimum Gasteiger partial charge on any atom is -0.368 e. The summed E-state index contributed by atoms with van der Waals surface area (Å²) in [6.07, 6.45) is 3.25. The maximum atomic E-state index is 5.60. The zero-order valence-corrected chi connectivity index (χ0v) is 8.81. The van der Waals surface area contributed by atoms with Crippen molar-refractivity contribution in [3.8, 4) is 0 Å². The van der Waals surface area contributed by atoms with Gasteiger partial charge in [0, 0.05) is 6.20 Å². The van der Waals surface area contributed by atoms with Crippen LogP contribution >= 0.6 is 0 Å². The van der Waals surface area contributed by atoms with Gasteiger partial charge in [0.05, 0.1) is 18.6 Å². The molecule has 0 radical (unpaired) electrons. The van der Waals surface area contributed by atoms with Crippen molar-refractivity contribution in [1.29, 1.82) is 0 Å². The van der Waals surface area contributed by atoms with Gasteiger partial charge in [-0.25, -0.2) is 4.98 Å². The molecule has 0 unspecified atom stereocenters. The molecule has 0 saturated carbocycles. The van der Waals surface area contributed by atoms with Crippen LogP contribution in [-0.4, -0.2) is 30.1 Å². The first-order chi connectivity index (χ1) is 8.33. The van der Waals surface area contributed by atoms with E-state index in [1.165, 1.54) is 0 Å². The molecule has 3 rings (SSSR count). The molecule has 3 heterocycles. The smallest absolute Gasteiger partial charge is 0.224 e. The molecule has 8 nitrogen and oxygen atoms in total. The molecule has 0 saturated heterocycles. The molecule has 0 spiro atoms. The molecule has 0 aliphatic heterocycles. The highest BCUT2D eigenvalue weighted by atomic mass is 15.2. The number of nitrogen functional groups attached to an aromatic ring is 1. The lowest BCUT2D eigenvalue weighted by Crippen LogP contribution is -2.05. The second kappa shape index (κ2) is 3.74. The lowest BCUT2D eigenvalue weighted by Gasteiger charge is -2.05. The molecule has 0 amide bonds. The number of fused-ring (bicyclic) bond motifs is 1. The van der Waals surface area contributed by atoms with Crippen molar-refractivity contribution >= 4 is 22.9 Å². The molecule has 0 atom stereocenters. The first-order valence-corrected chi connectivity index (χ1v) is 5.01. The normalized spacial score (nSPS) is 10.8. The number of H-pyrrole nitrogens is 2. The average molecular weight is 230 g/mol. The first kappa shape index (κ1) is 9.58. The van der Waals surface area contributed by atoms with Crippen LogP contribution < -0.4 is 11.1 Å². The Morgan fingerprint density at radius 2 is 2.29 bits per heavy atom. The highest BCUT2D eigenvalue weighted by Crippen LogP contribution is 2.17. The van der Waals surface area contributed by atoms with E-state index >= 15 is 0 Å². The first-order valence-electron chi connectivity index (χ1n) is 5.01. The number of rotatable bonds is 3. The quantitative estimate of drug-likeness (QED) is 0.512. The van der Waals surface area contributed by atoms with Crippen LogP contribution in [0.5, 0.6) is 0 Å². The predicted molar refractivity (Wildman–Crippen MR) is 62.0 cm³/mol. The van der Waals surface area contributed by atoms with Crippen molar-refractivity contribution in [3.63, 3.8) is 0 Å². The van der Waals surface area contributed by atoms with Gasteiger partial charge in [0.2, 0.25) is 5.95 Å². The summed E-state index contributed by atoms with van der Waals surface area (Å²) in [5.74, 6) is 0.816. The summed E-state index contributed by atoms with van der Waals surface area (Å²) in [4.78, 5) is 15.1. The molecule has 86 valence electrons. The van der Waals surface area contributed by atoms with Gasteiger partial charge in [0.1, 0.15) is 5.52 Å². The third-order valence-corrected chi connectivity index (χ3v) is 2.31. The van der Waals surface area contributed by atoms with Crippen molar-refractivity contribution in [1.82, 2.24) is 30.1 Å². The van der Waals surface area contributed by atoms with E-state index in [9.17, 15) is 0 Å². The molecule has 0 aliphatic rings. The lowest BCUT2D eigenvalue weighted by atomic mass is 10.4. The maximum Gasteiger partial charge on any atom is 0.224 e. The Bertz CT molecular complexity index is 626. The Labute approximate surface area is 95.7 Å². The van der Waals surface area contributed by atoms with E-state index in [4.69, 9.17) is 5.73 Å². The van der Waals surface area contributed by atoms with Crippen LogP contribution in [0.4, 0.5) is 11.8 Å². The third kappa shape index (κ3) is 1.75. The lowest BCUT2D eigenvalue weighted by molar-refractivity contribution is 0.975. The number of nitrogens with zero attached hydrogens (tertiary/aromatic N) is 4. The van der Waals surface area contributed by atoms with Gasteiger partial charge >= 0.3 is 0 Å². The fourth-order valence-electron chi connectivity index (χ4n) is 1.54. The number of hydrogen-bond donors (Lipinski definition) is 4. The van der Waals surface area contributed by atoms with Crippen LogP contribution in [0.3, 0.4) is 0 Å². The SMILES string of the molecule is Nc1nc(NCc2ccn[nH]2)c2[nH]cnc2n1. The molecule has 0 aliphatic carbocycles. The monoisotopic (exact) mass is 230 g/mol. The standard InChI is InChI=1S/C9H10N8/c10-9-15-7(6-8(16-9)13-4-12-6)11-3-5-1-2-14-17-5/h1-2,4H,3H2,(H,14,17)(H4,10,11,12,13,15,16). The summed E-state index contributed by atoms with van der Waals surface area (Å²) in [6, 6.07) is 1.88. The molecule has 17 heavy (non-hydrogen) atoms. The number of hydrogen-bond acceptors (Lipinski definition) is 6. The van der Waals surface area contributed by atoms with Gasteiger partial charge in [-0.05, 0) is 6.07 Å². The third-order valence-electron chi connectivity index (χ3n) is 2.31. The van der Waals surface area contributed by atoms with E-state index in [1.807, 2.05) is 6.07 Å². The molecular formula is C9H10N8.